The number of ether oxygens (including phenoxy) is 1. The van der Waals surface area contributed by atoms with Gasteiger partial charge in [-0.15, -0.1) is 0 Å². The van der Waals surface area contributed by atoms with E-state index in [4.69, 9.17) is 4.74 Å². The molecule has 2 aromatic rings. The number of nitrogens with zero attached hydrogens (tertiary/aromatic N) is 1. The molecule has 0 amide bonds. The van der Waals surface area contributed by atoms with Crippen LogP contribution in [0.3, 0.4) is 0 Å². The van der Waals surface area contributed by atoms with Gasteiger partial charge in [0.2, 0.25) is 0 Å². The molecule has 0 radical (unpaired) electrons. The Kier molecular flexibility index (Phi) is 1.78. The van der Waals surface area contributed by atoms with Gasteiger partial charge in [-0.2, -0.15) is 5.10 Å². The maximum Gasteiger partial charge on any atom is 0.122 e. The van der Waals surface area contributed by atoms with Crippen LogP contribution in [0.15, 0.2) is 24.3 Å². The molecule has 1 aromatic carbocycles. The first kappa shape index (κ1) is 8.53. The maximum atomic E-state index is 5.47. The molecule has 1 aliphatic rings. The highest BCUT2D eigenvalue weighted by Crippen LogP contribution is 2.29. The summed E-state index contributed by atoms with van der Waals surface area (Å²) >= 11 is 0. The fourth-order valence-electron chi connectivity index (χ4n) is 1.91. The van der Waals surface area contributed by atoms with Crippen molar-refractivity contribution < 1.29 is 4.74 Å². The van der Waals surface area contributed by atoms with Crippen LogP contribution in [0.25, 0.3) is 11.3 Å². The molecule has 3 nitrogen and oxygen atoms in total. The summed E-state index contributed by atoms with van der Waals surface area (Å²) in [5, 5.41) is 7.20. The zero-order chi connectivity index (χ0) is 10.3. The van der Waals surface area contributed by atoms with Crippen molar-refractivity contribution in [3.8, 4) is 17.0 Å². The molecule has 0 saturated carbocycles. The Bertz CT molecular complexity index is 502. The predicted octanol–water partition coefficient (Wildman–Crippen LogP) is 2.32. The Labute approximate surface area is 88.1 Å². The Morgan fingerprint density at radius 1 is 1.33 bits per heavy atom. The van der Waals surface area contributed by atoms with Gasteiger partial charge < -0.3 is 4.74 Å². The zero-order valence-electron chi connectivity index (χ0n) is 8.58. The van der Waals surface area contributed by atoms with Crippen molar-refractivity contribution in [1.29, 1.82) is 0 Å². The number of fused-ring (bicyclic) bond motifs is 1. The van der Waals surface area contributed by atoms with Crippen molar-refractivity contribution in [3.05, 3.63) is 35.5 Å². The summed E-state index contributed by atoms with van der Waals surface area (Å²) < 4.78 is 5.47. The third-order valence-electron chi connectivity index (χ3n) is 2.69. The molecule has 3 heteroatoms. The molecule has 1 aromatic heterocycles. The second-order valence-corrected chi connectivity index (χ2v) is 3.86. The molecule has 0 unspecified atom stereocenters. The standard InChI is InChI=1S/C12H12N2O/c1-8-6-11(14-13-8)9-2-3-12-10(7-9)4-5-15-12/h2-3,6-7H,4-5H2,1H3,(H,13,14). The molecule has 2 heterocycles. The minimum absolute atomic E-state index is 0.804. The van der Waals surface area contributed by atoms with Gasteiger partial charge in [0.25, 0.3) is 0 Å². The second kappa shape index (κ2) is 3.12. The van der Waals surface area contributed by atoms with E-state index in [0.717, 1.165) is 35.7 Å². The van der Waals surface area contributed by atoms with Crippen LogP contribution in [0, 0.1) is 6.92 Å². The van der Waals surface area contributed by atoms with Crippen LogP contribution in [-0.4, -0.2) is 16.8 Å². The summed E-state index contributed by atoms with van der Waals surface area (Å²) in [5.74, 6) is 1.02. The fourth-order valence-corrected chi connectivity index (χ4v) is 1.91. The summed E-state index contributed by atoms with van der Waals surface area (Å²) in [6.07, 6.45) is 1.01. The SMILES string of the molecule is Cc1cc(-c2ccc3c(c2)CCO3)n[nH]1. The number of hydrogen-bond donors (Lipinski definition) is 1. The number of hydrogen-bond acceptors (Lipinski definition) is 2. The van der Waals surface area contributed by atoms with Crippen LogP contribution >= 0.6 is 0 Å². The van der Waals surface area contributed by atoms with Gasteiger partial charge in [-0.05, 0) is 36.8 Å². The van der Waals surface area contributed by atoms with Gasteiger partial charge in [0.15, 0.2) is 0 Å². The molecular formula is C12H12N2O. The van der Waals surface area contributed by atoms with Crippen LogP contribution in [0.4, 0.5) is 0 Å². The molecule has 0 bridgehead atoms. The first-order chi connectivity index (χ1) is 7.33. The highest BCUT2D eigenvalue weighted by molar-refractivity contribution is 5.62. The molecule has 0 fully saturated rings. The highest BCUT2D eigenvalue weighted by atomic mass is 16.5. The fraction of sp³-hybridized carbons (Fsp3) is 0.250. The smallest absolute Gasteiger partial charge is 0.122 e. The average Bonchev–Trinajstić information content (AvgIpc) is 2.84. The number of rotatable bonds is 1. The van der Waals surface area contributed by atoms with Crippen molar-refractivity contribution in [1.82, 2.24) is 10.2 Å². The van der Waals surface area contributed by atoms with Gasteiger partial charge in [0, 0.05) is 17.7 Å². The van der Waals surface area contributed by atoms with E-state index < -0.39 is 0 Å². The number of H-pyrrole nitrogens is 1. The van der Waals surface area contributed by atoms with Gasteiger partial charge in [-0.3, -0.25) is 5.10 Å². The monoisotopic (exact) mass is 200 g/mol. The lowest BCUT2D eigenvalue weighted by atomic mass is 10.1. The molecular weight excluding hydrogens is 188 g/mol. The lowest BCUT2D eigenvalue weighted by Crippen LogP contribution is -1.85. The Morgan fingerprint density at radius 3 is 3.07 bits per heavy atom. The first-order valence-electron chi connectivity index (χ1n) is 5.11. The van der Waals surface area contributed by atoms with Crippen LogP contribution in [0.5, 0.6) is 5.75 Å². The minimum atomic E-state index is 0.804. The first-order valence-corrected chi connectivity index (χ1v) is 5.11. The van der Waals surface area contributed by atoms with Gasteiger partial charge in [-0.25, -0.2) is 0 Å². The highest BCUT2D eigenvalue weighted by Gasteiger charge is 2.13. The summed E-state index contributed by atoms with van der Waals surface area (Å²) in [6.45, 7) is 2.81. The molecule has 0 atom stereocenters. The number of benzene rings is 1. The maximum absolute atomic E-state index is 5.47. The molecule has 0 aliphatic carbocycles. The lowest BCUT2D eigenvalue weighted by Gasteiger charge is -2.00. The Balaban J connectivity index is 2.06. The van der Waals surface area contributed by atoms with E-state index in [0.29, 0.717) is 0 Å². The van der Waals surface area contributed by atoms with E-state index in [-0.39, 0.29) is 0 Å². The molecule has 0 spiro atoms. The van der Waals surface area contributed by atoms with Crippen LogP contribution in [-0.2, 0) is 6.42 Å². The van der Waals surface area contributed by atoms with Crippen molar-refractivity contribution in [3.63, 3.8) is 0 Å². The number of nitrogens with one attached hydrogen (secondary N) is 1. The Hall–Kier alpha value is -1.77. The van der Waals surface area contributed by atoms with E-state index in [2.05, 4.69) is 28.4 Å². The zero-order valence-corrected chi connectivity index (χ0v) is 8.58. The Morgan fingerprint density at radius 2 is 2.27 bits per heavy atom. The van der Waals surface area contributed by atoms with Crippen molar-refractivity contribution in [2.45, 2.75) is 13.3 Å². The third-order valence-corrected chi connectivity index (χ3v) is 2.69. The average molecular weight is 200 g/mol. The second-order valence-electron chi connectivity index (χ2n) is 3.86. The van der Waals surface area contributed by atoms with E-state index in [9.17, 15) is 0 Å². The summed E-state index contributed by atoms with van der Waals surface area (Å²) in [6, 6.07) is 8.30. The normalized spacial score (nSPS) is 13.7. The van der Waals surface area contributed by atoms with E-state index in [1.165, 1.54) is 5.56 Å². The van der Waals surface area contributed by atoms with Crippen molar-refractivity contribution >= 4 is 0 Å². The predicted molar refractivity (Wildman–Crippen MR) is 58.0 cm³/mol. The van der Waals surface area contributed by atoms with E-state index in [1.54, 1.807) is 0 Å². The topological polar surface area (TPSA) is 37.9 Å². The molecule has 3 rings (SSSR count). The van der Waals surface area contributed by atoms with Gasteiger partial charge in [0.05, 0.1) is 12.3 Å². The molecule has 0 saturated heterocycles. The molecule has 15 heavy (non-hydrogen) atoms. The largest absolute Gasteiger partial charge is 0.493 e. The lowest BCUT2D eigenvalue weighted by molar-refractivity contribution is 0.357. The van der Waals surface area contributed by atoms with Crippen LogP contribution in [0.1, 0.15) is 11.3 Å². The van der Waals surface area contributed by atoms with Gasteiger partial charge in [0.1, 0.15) is 5.75 Å². The summed E-state index contributed by atoms with van der Waals surface area (Å²) in [4.78, 5) is 0. The van der Waals surface area contributed by atoms with Crippen LogP contribution in [0.2, 0.25) is 0 Å². The van der Waals surface area contributed by atoms with Crippen LogP contribution < -0.4 is 4.74 Å². The minimum Gasteiger partial charge on any atom is -0.493 e. The number of aromatic amines is 1. The summed E-state index contributed by atoms with van der Waals surface area (Å²) in [5.41, 5.74) is 4.53. The number of aromatic nitrogens is 2. The van der Waals surface area contributed by atoms with Crippen molar-refractivity contribution in [2.24, 2.45) is 0 Å². The van der Waals surface area contributed by atoms with Gasteiger partial charge >= 0.3 is 0 Å². The molecule has 1 aliphatic heterocycles. The van der Waals surface area contributed by atoms with Gasteiger partial charge in [-0.1, -0.05) is 0 Å². The van der Waals surface area contributed by atoms with E-state index in [1.807, 2.05) is 13.0 Å². The quantitative estimate of drug-likeness (QED) is 0.767. The van der Waals surface area contributed by atoms with E-state index >= 15 is 0 Å². The molecule has 76 valence electrons. The molecule has 1 N–H and O–H groups in total. The third kappa shape index (κ3) is 1.40. The number of aryl methyl sites for hydroxylation is 1. The van der Waals surface area contributed by atoms with Crippen molar-refractivity contribution in [2.75, 3.05) is 6.61 Å². The summed E-state index contributed by atoms with van der Waals surface area (Å²) in [7, 11) is 0.